The van der Waals surface area contributed by atoms with Crippen molar-refractivity contribution in [2.45, 2.75) is 39.2 Å². The van der Waals surface area contributed by atoms with E-state index >= 15 is 8.78 Å². The van der Waals surface area contributed by atoms with Gasteiger partial charge >= 0.3 is 0 Å². The second-order valence-electron chi connectivity index (χ2n) is 9.76. The highest BCUT2D eigenvalue weighted by atomic mass is 32.2. The Kier molecular flexibility index (Phi) is 8.18. The molecule has 4 heterocycles. The number of likely N-dealkylation sites (tertiary alicyclic amines) is 1. The summed E-state index contributed by atoms with van der Waals surface area (Å²) in [5, 5.41) is 0. The van der Waals surface area contributed by atoms with E-state index in [1.54, 1.807) is 18.6 Å². The van der Waals surface area contributed by atoms with E-state index in [0.29, 0.717) is 40.4 Å². The zero-order valence-corrected chi connectivity index (χ0v) is 23.2. The lowest BCUT2D eigenvalue weighted by atomic mass is 10.0. The molecule has 1 unspecified atom stereocenters. The molecule has 0 amide bonds. The van der Waals surface area contributed by atoms with Gasteiger partial charge in [-0.2, -0.15) is 0 Å². The minimum Gasteiger partial charge on any atom is -0.357 e. The third kappa shape index (κ3) is 5.51. The molecule has 3 aromatic heterocycles. The Labute approximate surface area is 229 Å². The van der Waals surface area contributed by atoms with E-state index in [4.69, 9.17) is 4.98 Å². The lowest BCUT2D eigenvalue weighted by molar-refractivity contribution is 0.220. The fourth-order valence-electron chi connectivity index (χ4n) is 5.13. The number of hydrogen-bond donors (Lipinski definition) is 1. The molecular formula is C28H33F2N7OS. The molecule has 39 heavy (non-hydrogen) atoms. The van der Waals surface area contributed by atoms with Gasteiger partial charge in [-0.3, -0.25) is 0 Å². The molecule has 4 aromatic rings. The molecular weight excluding hydrogens is 520 g/mol. The highest BCUT2D eigenvalue weighted by Crippen LogP contribution is 2.35. The lowest BCUT2D eigenvalue weighted by Crippen LogP contribution is -2.43. The van der Waals surface area contributed by atoms with Crippen LogP contribution in [0.1, 0.15) is 33.1 Å². The van der Waals surface area contributed by atoms with Crippen LogP contribution in [-0.4, -0.2) is 67.1 Å². The summed E-state index contributed by atoms with van der Waals surface area (Å²) in [5.41, 5.74) is 2.18. The summed E-state index contributed by atoms with van der Waals surface area (Å²) in [6.07, 6.45) is 9.16. The Hall–Kier alpha value is -3.44. The minimum atomic E-state index is -1.48. The number of pyridine rings is 1. The summed E-state index contributed by atoms with van der Waals surface area (Å²) >= 11 is 0. The van der Waals surface area contributed by atoms with Crippen molar-refractivity contribution in [3.8, 4) is 16.8 Å². The average molecular weight is 554 g/mol. The van der Waals surface area contributed by atoms with E-state index in [2.05, 4.69) is 31.4 Å². The number of nitrogens with one attached hydrogen (secondary N) is 1. The highest BCUT2D eigenvalue weighted by molar-refractivity contribution is 7.86. The number of halogens is 2. The Balaban J connectivity index is 1.61. The number of anilines is 2. The Morgan fingerprint density at radius 3 is 2.54 bits per heavy atom. The fourth-order valence-corrected chi connectivity index (χ4v) is 6.01. The van der Waals surface area contributed by atoms with Gasteiger partial charge in [0.2, 0.25) is 0 Å². The molecule has 1 aliphatic rings. The smallest absolute Gasteiger partial charge is 0.174 e. The number of nitrogens with zero attached hydrogens (tertiary/aromatic N) is 6. The van der Waals surface area contributed by atoms with Crippen molar-refractivity contribution in [1.29, 1.82) is 0 Å². The third-order valence-electron chi connectivity index (χ3n) is 7.34. The molecule has 0 spiro atoms. The van der Waals surface area contributed by atoms with Crippen LogP contribution in [0, 0.1) is 11.6 Å². The minimum absolute atomic E-state index is 0.0210. The first-order chi connectivity index (χ1) is 18.9. The zero-order valence-electron chi connectivity index (χ0n) is 22.4. The van der Waals surface area contributed by atoms with Gasteiger partial charge in [0, 0.05) is 61.6 Å². The first-order valence-corrected chi connectivity index (χ1v) is 14.6. The molecule has 0 aliphatic carbocycles. The standard InChI is InChI=1S/C28H33F2N7OS/c1-4-14-39(38)34-23-7-6-22(29)28(26(23)30)37-17-21(19-15-31-18-32-16-19)27-24(37)8-9-25(33-27)35(3)20-10-12-36(5-2)13-11-20/h6-9,15-18,20,34H,4-5,10-14H2,1-3H3. The number of rotatable bonds is 9. The van der Waals surface area contributed by atoms with Crippen LogP contribution in [-0.2, 0) is 11.0 Å². The largest absolute Gasteiger partial charge is 0.357 e. The van der Waals surface area contributed by atoms with E-state index in [0.717, 1.165) is 38.3 Å². The van der Waals surface area contributed by atoms with Crippen LogP contribution in [0.3, 0.4) is 0 Å². The van der Waals surface area contributed by atoms with Crippen LogP contribution in [0.25, 0.3) is 27.8 Å². The van der Waals surface area contributed by atoms with Gasteiger partial charge in [0.25, 0.3) is 0 Å². The summed E-state index contributed by atoms with van der Waals surface area (Å²) in [7, 11) is 0.572. The summed E-state index contributed by atoms with van der Waals surface area (Å²) in [6, 6.07) is 6.54. The predicted molar refractivity (Wildman–Crippen MR) is 152 cm³/mol. The normalized spacial score (nSPS) is 15.5. The van der Waals surface area contributed by atoms with Gasteiger partial charge in [0.05, 0.1) is 16.7 Å². The van der Waals surface area contributed by atoms with Crippen LogP contribution in [0.2, 0.25) is 0 Å². The highest BCUT2D eigenvalue weighted by Gasteiger charge is 2.25. The quantitative estimate of drug-likeness (QED) is 0.308. The van der Waals surface area contributed by atoms with E-state index in [-0.39, 0.29) is 11.4 Å². The van der Waals surface area contributed by atoms with E-state index in [1.165, 1.54) is 23.0 Å². The number of aromatic nitrogens is 4. The Morgan fingerprint density at radius 2 is 1.85 bits per heavy atom. The lowest BCUT2D eigenvalue weighted by Gasteiger charge is -2.36. The Bertz CT molecular complexity index is 1470. The maximum absolute atomic E-state index is 15.8. The molecule has 11 heteroatoms. The maximum atomic E-state index is 15.8. The van der Waals surface area contributed by atoms with Crippen molar-refractivity contribution in [2.75, 3.05) is 42.1 Å². The topological polar surface area (TPSA) is 79.2 Å². The van der Waals surface area contributed by atoms with Gasteiger partial charge < -0.3 is 19.1 Å². The second-order valence-corrected chi connectivity index (χ2v) is 11.1. The van der Waals surface area contributed by atoms with Crippen LogP contribution < -0.4 is 9.62 Å². The van der Waals surface area contributed by atoms with Crippen molar-refractivity contribution in [3.63, 3.8) is 0 Å². The molecule has 1 fully saturated rings. The third-order valence-corrected chi connectivity index (χ3v) is 8.56. The molecule has 1 aromatic carbocycles. The fraction of sp³-hybridized carbons (Fsp3) is 0.393. The summed E-state index contributed by atoms with van der Waals surface area (Å²) < 4.78 is 47.4. The predicted octanol–water partition coefficient (Wildman–Crippen LogP) is 5.17. The van der Waals surface area contributed by atoms with Crippen LogP contribution in [0.15, 0.2) is 49.2 Å². The van der Waals surface area contributed by atoms with E-state index in [1.807, 2.05) is 26.1 Å². The molecule has 206 valence electrons. The van der Waals surface area contributed by atoms with Gasteiger partial charge in [-0.1, -0.05) is 13.8 Å². The number of fused-ring (bicyclic) bond motifs is 1. The van der Waals surface area contributed by atoms with Gasteiger partial charge in [-0.05, 0) is 50.1 Å². The van der Waals surface area contributed by atoms with Crippen molar-refractivity contribution >= 4 is 33.5 Å². The van der Waals surface area contributed by atoms with E-state index < -0.39 is 22.6 Å². The number of hydrogen-bond acceptors (Lipinski definition) is 6. The van der Waals surface area contributed by atoms with Gasteiger partial charge in [-0.25, -0.2) is 27.9 Å². The molecule has 1 saturated heterocycles. The first kappa shape index (κ1) is 27.1. The number of benzene rings is 1. The monoisotopic (exact) mass is 553 g/mol. The molecule has 1 aliphatic heterocycles. The van der Waals surface area contributed by atoms with Crippen molar-refractivity contribution in [2.24, 2.45) is 0 Å². The average Bonchev–Trinajstić information content (AvgIpc) is 3.33. The summed E-state index contributed by atoms with van der Waals surface area (Å²) in [6.45, 7) is 7.21. The first-order valence-electron chi connectivity index (χ1n) is 13.3. The SMILES string of the molecule is CCCS(=O)Nc1ccc(F)c(-n2cc(-c3cncnc3)c3nc(N(C)C4CCN(CC)CC4)ccc32)c1F. The molecule has 0 saturated carbocycles. The van der Waals surface area contributed by atoms with Gasteiger partial charge in [0.15, 0.2) is 5.82 Å². The summed E-state index contributed by atoms with van der Waals surface area (Å²) in [5.74, 6) is -0.416. The van der Waals surface area contributed by atoms with Gasteiger partial charge in [-0.15, -0.1) is 0 Å². The molecule has 0 radical (unpaired) electrons. The zero-order chi connectivity index (χ0) is 27.5. The number of piperidine rings is 1. The van der Waals surface area contributed by atoms with Crippen LogP contribution >= 0.6 is 0 Å². The van der Waals surface area contributed by atoms with Crippen molar-refractivity contribution in [1.82, 2.24) is 24.4 Å². The van der Waals surface area contributed by atoms with Gasteiger partial charge in [0.1, 0.15) is 34.6 Å². The second kappa shape index (κ2) is 11.7. The maximum Gasteiger partial charge on any atom is 0.174 e. The van der Waals surface area contributed by atoms with Crippen LogP contribution in [0.5, 0.6) is 0 Å². The molecule has 0 bridgehead atoms. The molecule has 5 rings (SSSR count). The van der Waals surface area contributed by atoms with E-state index in [9.17, 15) is 4.21 Å². The van der Waals surface area contributed by atoms with Crippen LogP contribution in [0.4, 0.5) is 20.3 Å². The molecule has 1 N–H and O–H groups in total. The van der Waals surface area contributed by atoms with Crippen molar-refractivity contribution in [3.05, 3.63) is 60.8 Å². The molecule has 1 atom stereocenters. The van der Waals surface area contributed by atoms with Crippen molar-refractivity contribution < 1.29 is 13.0 Å². The Morgan fingerprint density at radius 1 is 1.10 bits per heavy atom. The molecule has 8 nitrogen and oxygen atoms in total. The summed E-state index contributed by atoms with van der Waals surface area (Å²) in [4.78, 5) is 17.9.